The Balaban J connectivity index is 2.94. The summed E-state index contributed by atoms with van der Waals surface area (Å²) in [6, 6.07) is 6.10. The largest absolute Gasteiger partial charge is 0.383 e. The van der Waals surface area contributed by atoms with Crippen molar-refractivity contribution < 1.29 is 9.66 Å². The monoisotopic (exact) mass is 235 g/mol. The van der Waals surface area contributed by atoms with Crippen molar-refractivity contribution in [3.63, 3.8) is 0 Å². The lowest BCUT2D eigenvalue weighted by Crippen LogP contribution is -2.21. The van der Waals surface area contributed by atoms with Gasteiger partial charge >= 0.3 is 0 Å². The summed E-state index contributed by atoms with van der Waals surface area (Å²) in [6.45, 7) is 2.38. The third-order valence-electron chi connectivity index (χ3n) is 2.15. The number of rotatable bonds is 5. The fourth-order valence-electron chi connectivity index (χ4n) is 1.42. The van der Waals surface area contributed by atoms with Crippen molar-refractivity contribution in [3.05, 3.63) is 33.9 Å². The average Bonchev–Trinajstić information content (AvgIpc) is 2.29. The number of benzene rings is 1. The molecule has 1 N–H and O–H groups in total. The first-order chi connectivity index (χ1) is 8.08. The molecule has 0 aliphatic carbocycles. The number of nitrogens with one attached hydrogen (secondary N) is 1. The van der Waals surface area contributed by atoms with E-state index >= 15 is 0 Å². The summed E-state index contributed by atoms with van der Waals surface area (Å²) in [5, 5.41) is 22.5. The van der Waals surface area contributed by atoms with E-state index in [2.05, 4.69) is 5.32 Å². The third kappa shape index (κ3) is 3.43. The zero-order valence-electron chi connectivity index (χ0n) is 9.64. The van der Waals surface area contributed by atoms with E-state index in [0.29, 0.717) is 12.3 Å². The van der Waals surface area contributed by atoms with Gasteiger partial charge in [-0.1, -0.05) is 0 Å². The first-order valence-corrected chi connectivity index (χ1v) is 5.02. The molecule has 0 amide bonds. The lowest BCUT2D eigenvalue weighted by atomic mass is 10.1. The van der Waals surface area contributed by atoms with Crippen molar-refractivity contribution in [1.29, 1.82) is 5.26 Å². The number of ether oxygens (including phenoxy) is 1. The first kappa shape index (κ1) is 12.9. The van der Waals surface area contributed by atoms with Crippen LogP contribution >= 0.6 is 0 Å². The van der Waals surface area contributed by atoms with Crippen molar-refractivity contribution in [2.24, 2.45) is 0 Å². The molecule has 90 valence electrons. The molecule has 1 rings (SSSR count). The highest BCUT2D eigenvalue weighted by atomic mass is 16.6. The molecule has 1 aromatic carbocycles. The van der Waals surface area contributed by atoms with Gasteiger partial charge in [-0.05, 0) is 13.0 Å². The Kier molecular flexibility index (Phi) is 4.43. The fraction of sp³-hybridized carbons (Fsp3) is 0.364. The maximum absolute atomic E-state index is 10.6. The predicted molar refractivity (Wildman–Crippen MR) is 62.8 cm³/mol. The van der Waals surface area contributed by atoms with Crippen molar-refractivity contribution in [2.45, 2.75) is 13.0 Å². The second-order valence-electron chi connectivity index (χ2n) is 3.60. The molecular formula is C11H13N3O3. The smallest absolute Gasteiger partial charge is 0.270 e. The molecule has 0 aliphatic heterocycles. The number of hydrogen-bond donors (Lipinski definition) is 1. The van der Waals surface area contributed by atoms with Gasteiger partial charge < -0.3 is 10.1 Å². The molecule has 0 aliphatic rings. The van der Waals surface area contributed by atoms with Crippen LogP contribution in [0.15, 0.2) is 18.2 Å². The summed E-state index contributed by atoms with van der Waals surface area (Å²) in [5.74, 6) is 0. The van der Waals surface area contributed by atoms with Gasteiger partial charge in [-0.3, -0.25) is 10.1 Å². The predicted octanol–water partition coefficient (Wildman–Crippen LogP) is 1.91. The van der Waals surface area contributed by atoms with Crippen LogP contribution in [0.5, 0.6) is 0 Å². The average molecular weight is 235 g/mol. The number of anilines is 1. The number of hydrogen-bond acceptors (Lipinski definition) is 5. The van der Waals surface area contributed by atoms with Gasteiger partial charge in [0, 0.05) is 25.3 Å². The Morgan fingerprint density at radius 3 is 2.88 bits per heavy atom. The van der Waals surface area contributed by atoms with E-state index in [1.165, 1.54) is 18.2 Å². The SMILES string of the molecule is COC[C@@H](C)Nc1ccc([N+](=O)[O-])cc1C#N. The van der Waals surface area contributed by atoms with Crippen molar-refractivity contribution in [1.82, 2.24) is 0 Å². The summed E-state index contributed by atoms with van der Waals surface area (Å²) in [6.07, 6.45) is 0. The molecule has 1 atom stereocenters. The molecule has 0 unspecified atom stereocenters. The molecule has 0 heterocycles. The molecule has 0 aromatic heterocycles. The van der Waals surface area contributed by atoms with Crippen LogP contribution in [0, 0.1) is 21.4 Å². The van der Waals surface area contributed by atoms with E-state index in [4.69, 9.17) is 10.00 Å². The maximum Gasteiger partial charge on any atom is 0.270 e. The fourth-order valence-corrected chi connectivity index (χ4v) is 1.42. The molecule has 6 nitrogen and oxygen atoms in total. The highest BCUT2D eigenvalue weighted by Gasteiger charge is 2.11. The van der Waals surface area contributed by atoms with Gasteiger partial charge in [0.15, 0.2) is 0 Å². The van der Waals surface area contributed by atoms with Crippen molar-refractivity contribution in [3.8, 4) is 6.07 Å². The standard InChI is InChI=1S/C11H13N3O3/c1-8(7-17-2)13-11-4-3-10(14(15)16)5-9(11)6-12/h3-5,8,13H,7H2,1-2H3/t8-/m1/s1. The Morgan fingerprint density at radius 2 is 2.35 bits per heavy atom. The van der Waals surface area contributed by atoms with Gasteiger partial charge in [0.25, 0.3) is 5.69 Å². The van der Waals surface area contributed by atoms with Gasteiger partial charge in [0.1, 0.15) is 6.07 Å². The summed E-state index contributed by atoms with van der Waals surface area (Å²) in [4.78, 5) is 10.0. The van der Waals surface area contributed by atoms with Crippen molar-refractivity contribution >= 4 is 11.4 Å². The highest BCUT2D eigenvalue weighted by molar-refractivity contribution is 5.61. The molecule has 1 aromatic rings. The number of nitro benzene ring substituents is 1. The molecule has 0 saturated heterocycles. The minimum absolute atomic E-state index is 0.0218. The van der Waals surface area contributed by atoms with Gasteiger partial charge in [0.05, 0.1) is 22.8 Å². The molecule has 0 bridgehead atoms. The highest BCUT2D eigenvalue weighted by Crippen LogP contribution is 2.21. The van der Waals surface area contributed by atoms with E-state index in [1.807, 2.05) is 13.0 Å². The molecule has 0 fully saturated rings. The minimum atomic E-state index is -0.525. The Hall–Kier alpha value is -2.13. The second-order valence-corrected chi connectivity index (χ2v) is 3.60. The Morgan fingerprint density at radius 1 is 1.65 bits per heavy atom. The van der Waals surface area contributed by atoms with Crippen LogP contribution in [0.4, 0.5) is 11.4 Å². The number of methoxy groups -OCH3 is 1. The van der Waals surface area contributed by atoms with E-state index < -0.39 is 4.92 Å². The van der Waals surface area contributed by atoms with Gasteiger partial charge in [-0.2, -0.15) is 5.26 Å². The van der Waals surface area contributed by atoms with Crippen LogP contribution in [0.3, 0.4) is 0 Å². The molecule has 0 spiro atoms. The number of nitriles is 1. The molecule has 6 heteroatoms. The Bertz CT molecular complexity index is 454. The van der Waals surface area contributed by atoms with E-state index in [-0.39, 0.29) is 17.3 Å². The molecule has 0 saturated carbocycles. The van der Waals surface area contributed by atoms with Crippen LogP contribution in [-0.4, -0.2) is 24.7 Å². The van der Waals surface area contributed by atoms with Crippen LogP contribution in [0.25, 0.3) is 0 Å². The second kappa shape index (κ2) is 5.82. The summed E-state index contributed by atoms with van der Waals surface area (Å²) in [7, 11) is 1.58. The molecule has 0 radical (unpaired) electrons. The summed E-state index contributed by atoms with van der Waals surface area (Å²) in [5.41, 5.74) is 0.733. The lowest BCUT2D eigenvalue weighted by Gasteiger charge is -2.14. The topological polar surface area (TPSA) is 88.2 Å². The normalized spacial score (nSPS) is 11.6. The zero-order chi connectivity index (χ0) is 12.8. The number of nitrogens with zero attached hydrogens (tertiary/aromatic N) is 2. The van der Waals surface area contributed by atoms with Crippen LogP contribution in [0.2, 0.25) is 0 Å². The van der Waals surface area contributed by atoms with E-state index in [0.717, 1.165) is 0 Å². The summed E-state index contributed by atoms with van der Waals surface area (Å²) >= 11 is 0. The maximum atomic E-state index is 10.6. The molecular weight excluding hydrogens is 222 g/mol. The van der Waals surface area contributed by atoms with Crippen LogP contribution < -0.4 is 5.32 Å². The Labute approximate surface area is 99.0 Å². The van der Waals surface area contributed by atoms with E-state index in [9.17, 15) is 10.1 Å². The van der Waals surface area contributed by atoms with Gasteiger partial charge in [-0.15, -0.1) is 0 Å². The molecule has 17 heavy (non-hydrogen) atoms. The quantitative estimate of drug-likeness (QED) is 0.622. The van der Waals surface area contributed by atoms with E-state index in [1.54, 1.807) is 7.11 Å². The lowest BCUT2D eigenvalue weighted by molar-refractivity contribution is -0.384. The first-order valence-electron chi connectivity index (χ1n) is 5.02. The van der Waals surface area contributed by atoms with Gasteiger partial charge in [0.2, 0.25) is 0 Å². The number of non-ortho nitro benzene ring substituents is 1. The third-order valence-corrected chi connectivity index (χ3v) is 2.15. The summed E-state index contributed by atoms with van der Waals surface area (Å²) < 4.78 is 4.96. The van der Waals surface area contributed by atoms with Crippen LogP contribution in [-0.2, 0) is 4.74 Å². The van der Waals surface area contributed by atoms with Crippen molar-refractivity contribution in [2.75, 3.05) is 19.0 Å². The number of nitro groups is 1. The minimum Gasteiger partial charge on any atom is -0.383 e. The van der Waals surface area contributed by atoms with Gasteiger partial charge in [-0.25, -0.2) is 0 Å². The zero-order valence-corrected chi connectivity index (χ0v) is 9.64. The van der Waals surface area contributed by atoms with Crippen LogP contribution in [0.1, 0.15) is 12.5 Å².